The Morgan fingerprint density at radius 1 is 1.03 bits per heavy atom. The first-order chi connectivity index (χ1) is 17.8. The van der Waals surface area contributed by atoms with E-state index in [1.54, 1.807) is 0 Å². The number of rotatable bonds is 9. The van der Waals surface area contributed by atoms with Gasteiger partial charge >= 0.3 is 5.97 Å². The molecule has 3 fully saturated rings. The van der Waals surface area contributed by atoms with E-state index < -0.39 is 11.4 Å². The summed E-state index contributed by atoms with van der Waals surface area (Å²) in [5.41, 5.74) is 1.05. The largest absolute Gasteiger partial charge is 0.481 e. The third kappa shape index (κ3) is 6.14. The molecular weight excluding hydrogens is 511 g/mol. The standard InChI is InChI=1S/C29H34Cl2N2O4/c30-23-8-6-21(7-9-23)27-25(22-2-1-3-24(31)16-22)17-29(18-26(34)35,10-11-32-12-14-37-15-13-32)28(36)33(27)19-20-4-5-20/h1-3,6-9,16,20,25,27H,4-5,10-15,17-19H2,(H,34,35)/t25-,27-,29-/m1/s1. The predicted molar refractivity (Wildman–Crippen MR) is 144 cm³/mol. The molecule has 37 heavy (non-hydrogen) atoms. The van der Waals surface area contributed by atoms with Crippen molar-refractivity contribution >= 4 is 35.1 Å². The van der Waals surface area contributed by atoms with E-state index in [1.165, 1.54) is 0 Å². The Hall–Kier alpha value is -2.12. The zero-order chi connectivity index (χ0) is 26.0. The average Bonchev–Trinajstić information content (AvgIpc) is 3.71. The van der Waals surface area contributed by atoms with Gasteiger partial charge in [0.05, 0.1) is 31.1 Å². The Morgan fingerprint density at radius 3 is 2.41 bits per heavy atom. The van der Waals surface area contributed by atoms with Gasteiger partial charge < -0.3 is 14.7 Å². The van der Waals surface area contributed by atoms with Crippen molar-refractivity contribution in [2.24, 2.45) is 11.3 Å². The first-order valence-corrected chi connectivity index (χ1v) is 13.9. The van der Waals surface area contributed by atoms with Gasteiger partial charge in [-0.25, -0.2) is 0 Å². The molecule has 0 spiro atoms. The summed E-state index contributed by atoms with van der Waals surface area (Å²) in [7, 11) is 0. The van der Waals surface area contributed by atoms with Crippen LogP contribution in [-0.4, -0.2) is 66.2 Å². The molecule has 0 aromatic heterocycles. The van der Waals surface area contributed by atoms with E-state index in [0.29, 0.717) is 55.1 Å². The van der Waals surface area contributed by atoms with Crippen molar-refractivity contribution in [2.45, 2.75) is 44.1 Å². The summed E-state index contributed by atoms with van der Waals surface area (Å²) in [6.45, 7) is 4.24. The molecule has 0 bridgehead atoms. The summed E-state index contributed by atoms with van der Waals surface area (Å²) < 4.78 is 5.49. The van der Waals surface area contributed by atoms with E-state index >= 15 is 0 Å². The van der Waals surface area contributed by atoms with Gasteiger partial charge in [-0.05, 0) is 73.5 Å². The minimum atomic E-state index is -0.991. The molecular formula is C29H34Cl2N2O4. The average molecular weight is 546 g/mol. The van der Waals surface area contributed by atoms with Crippen molar-refractivity contribution in [3.05, 3.63) is 69.7 Å². The van der Waals surface area contributed by atoms with Crippen LogP contribution in [0.1, 0.15) is 55.2 Å². The number of benzene rings is 2. The molecule has 2 aromatic carbocycles. The van der Waals surface area contributed by atoms with Gasteiger partial charge in [-0.15, -0.1) is 0 Å². The highest BCUT2D eigenvalue weighted by atomic mass is 35.5. The van der Waals surface area contributed by atoms with E-state index in [4.69, 9.17) is 27.9 Å². The molecule has 1 saturated carbocycles. The highest BCUT2D eigenvalue weighted by Crippen LogP contribution is 2.53. The second-order valence-corrected chi connectivity index (χ2v) is 11.7. The van der Waals surface area contributed by atoms with Crippen LogP contribution in [0.4, 0.5) is 0 Å². The molecule has 6 nitrogen and oxygen atoms in total. The molecule has 2 heterocycles. The monoisotopic (exact) mass is 544 g/mol. The van der Waals surface area contributed by atoms with E-state index in [1.807, 2.05) is 47.4 Å². The molecule has 5 rings (SSSR count). The fourth-order valence-corrected chi connectivity index (χ4v) is 6.41. The Morgan fingerprint density at radius 2 is 1.76 bits per heavy atom. The number of ether oxygens (including phenoxy) is 1. The summed E-state index contributed by atoms with van der Waals surface area (Å²) in [6.07, 6.45) is 2.97. The number of hydrogen-bond donors (Lipinski definition) is 1. The lowest BCUT2D eigenvalue weighted by Crippen LogP contribution is -2.55. The minimum Gasteiger partial charge on any atom is -0.481 e. The Labute approximate surface area is 228 Å². The van der Waals surface area contributed by atoms with Crippen molar-refractivity contribution < 1.29 is 19.4 Å². The number of piperidine rings is 1. The lowest BCUT2D eigenvalue weighted by molar-refractivity contribution is -0.160. The summed E-state index contributed by atoms with van der Waals surface area (Å²) >= 11 is 12.7. The van der Waals surface area contributed by atoms with Crippen LogP contribution in [0, 0.1) is 11.3 Å². The van der Waals surface area contributed by atoms with E-state index in [2.05, 4.69) is 11.0 Å². The highest BCUT2D eigenvalue weighted by molar-refractivity contribution is 6.30. The van der Waals surface area contributed by atoms with Gasteiger partial charge in [-0.3, -0.25) is 14.5 Å². The lowest BCUT2D eigenvalue weighted by atomic mass is 9.65. The van der Waals surface area contributed by atoms with Crippen molar-refractivity contribution in [1.29, 1.82) is 0 Å². The molecule has 198 valence electrons. The van der Waals surface area contributed by atoms with Gasteiger partial charge in [0.15, 0.2) is 0 Å². The molecule has 2 aliphatic heterocycles. The van der Waals surface area contributed by atoms with E-state index in [-0.39, 0.29) is 24.3 Å². The third-order valence-corrected chi connectivity index (χ3v) is 8.67. The highest BCUT2D eigenvalue weighted by Gasteiger charge is 2.53. The first-order valence-electron chi connectivity index (χ1n) is 13.2. The molecule has 2 saturated heterocycles. The van der Waals surface area contributed by atoms with E-state index in [9.17, 15) is 14.7 Å². The second kappa shape index (κ2) is 11.3. The fourth-order valence-electron chi connectivity index (χ4n) is 6.08. The predicted octanol–water partition coefficient (Wildman–Crippen LogP) is 5.64. The van der Waals surface area contributed by atoms with Gasteiger partial charge in [0.1, 0.15) is 0 Å². The molecule has 0 unspecified atom stereocenters. The fraction of sp³-hybridized carbons (Fsp3) is 0.517. The van der Waals surface area contributed by atoms with Crippen LogP contribution in [0.15, 0.2) is 48.5 Å². The second-order valence-electron chi connectivity index (χ2n) is 10.8. The van der Waals surface area contributed by atoms with Gasteiger partial charge in [-0.1, -0.05) is 47.5 Å². The number of nitrogens with zero attached hydrogens (tertiary/aromatic N) is 2. The normalized spacial score (nSPS) is 26.9. The number of aliphatic carboxylic acids is 1. The van der Waals surface area contributed by atoms with Gasteiger partial charge in [0, 0.05) is 35.6 Å². The Bertz CT molecular complexity index is 1120. The zero-order valence-corrected chi connectivity index (χ0v) is 22.5. The topological polar surface area (TPSA) is 70.1 Å². The maximum atomic E-state index is 14.5. The molecule has 3 aliphatic rings. The molecule has 8 heteroatoms. The van der Waals surface area contributed by atoms with Crippen LogP contribution in [0.25, 0.3) is 0 Å². The summed E-state index contributed by atoms with van der Waals surface area (Å²) in [4.78, 5) is 31.0. The van der Waals surface area contributed by atoms with Crippen LogP contribution in [0.5, 0.6) is 0 Å². The summed E-state index contributed by atoms with van der Waals surface area (Å²) in [5.74, 6) is -0.608. The van der Waals surface area contributed by atoms with Crippen LogP contribution >= 0.6 is 23.2 Å². The zero-order valence-electron chi connectivity index (χ0n) is 21.0. The molecule has 1 aliphatic carbocycles. The Balaban J connectivity index is 1.58. The van der Waals surface area contributed by atoms with Crippen molar-refractivity contribution in [2.75, 3.05) is 39.4 Å². The smallest absolute Gasteiger partial charge is 0.304 e. The van der Waals surface area contributed by atoms with Gasteiger partial charge in [-0.2, -0.15) is 0 Å². The number of morpholine rings is 1. The van der Waals surface area contributed by atoms with Crippen LogP contribution in [0.3, 0.4) is 0 Å². The number of amides is 1. The molecule has 2 aromatic rings. The molecule has 3 atom stereocenters. The lowest BCUT2D eigenvalue weighted by Gasteiger charge is -2.51. The number of carboxylic acids is 1. The number of hydrogen-bond acceptors (Lipinski definition) is 4. The number of carbonyl (C=O) groups is 2. The summed E-state index contributed by atoms with van der Waals surface area (Å²) in [5, 5.41) is 11.3. The Kier molecular flexibility index (Phi) is 8.10. The first kappa shape index (κ1) is 26.5. The molecule has 1 amide bonds. The van der Waals surface area contributed by atoms with Crippen molar-refractivity contribution in [1.82, 2.24) is 9.80 Å². The number of likely N-dealkylation sites (tertiary alicyclic amines) is 1. The third-order valence-electron chi connectivity index (χ3n) is 8.18. The molecule has 1 N–H and O–H groups in total. The van der Waals surface area contributed by atoms with Crippen LogP contribution in [-0.2, 0) is 14.3 Å². The maximum absolute atomic E-state index is 14.5. The van der Waals surface area contributed by atoms with Gasteiger partial charge in [0.25, 0.3) is 0 Å². The minimum absolute atomic E-state index is 0.0340. The number of carbonyl (C=O) groups excluding carboxylic acids is 1. The quantitative estimate of drug-likeness (QED) is 0.442. The van der Waals surface area contributed by atoms with Crippen molar-refractivity contribution in [3.8, 4) is 0 Å². The van der Waals surface area contributed by atoms with Crippen molar-refractivity contribution in [3.63, 3.8) is 0 Å². The van der Waals surface area contributed by atoms with E-state index in [0.717, 1.165) is 37.1 Å². The number of carboxylic acid groups (broad SMARTS) is 1. The van der Waals surface area contributed by atoms with Crippen LogP contribution < -0.4 is 0 Å². The molecule has 0 radical (unpaired) electrons. The SMILES string of the molecule is O=C(O)C[C@@]1(CCN2CCOCC2)C[C@H](c2cccc(Cl)c2)[C@@H](c2ccc(Cl)cc2)N(CC2CC2)C1=O. The summed E-state index contributed by atoms with van der Waals surface area (Å²) in [6, 6.07) is 15.3. The van der Waals surface area contributed by atoms with Crippen LogP contribution in [0.2, 0.25) is 10.0 Å². The number of halogens is 2. The van der Waals surface area contributed by atoms with Gasteiger partial charge in [0.2, 0.25) is 5.91 Å². The maximum Gasteiger partial charge on any atom is 0.304 e.